The number of hydrogen-bond acceptors (Lipinski definition) is 4. The van der Waals surface area contributed by atoms with E-state index in [1.807, 2.05) is 14.7 Å². The van der Waals surface area contributed by atoms with Gasteiger partial charge in [-0.15, -0.1) is 0 Å². The Morgan fingerprint density at radius 3 is 2.00 bits per heavy atom. The molecule has 0 spiro atoms. The van der Waals surface area contributed by atoms with E-state index in [4.69, 9.17) is 18.9 Å². The molecule has 0 aliphatic heterocycles. The van der Waals surface area contributed by atoms with Crippen molar-refractivity contribution in [2.75, 3.05) is 27.9 Å². The van der Waals surface area contributed by atoms with Crippen LogP contribution >= 0.6 is 0 Å². The first-order valence-electron chi connectivity index (χ1n) is 5.79. The van der Waals surface area contributed by atoms with Crippen LogP contribution in [0.2, 0.25) is 6.82 Å². The van der Waals surface area contributed by atoms with Crippen molar-refractivity contribution in [1.82, 2.24) is 0 Å². The summed E-state index contributed by atoms with van der Waals surface area (Å²) in [6.45, 7) is 4.38. The van der Waals surface area contributed by atoms with Gasteiger partial charge in [-0.1, -0.05) is 19.2 Å². The van der Waals surface area contributed by atoms with Crippen molar-refractivity contribution in [2.45, 2.75) is 20.2 Å². The standard InChI is InChI=1S/C11H22B2O4/c1-6-8(12)10(15-4)11(16-5)9(14-3)7-17-13-2/h13H,6-7,12H2,1-5H3/b10-8-,11-9-. The summed E-state index contributed by atoms with van der Waals surface area (Å²) in [5.74, 6) is 1.95. The summed E-state index contributed by atoms with van der Waals surface area (Å²) in [5, 5.41) is 0. The first kappa shape index (κ1) is 16.0. The Balaban J connectivity index is 5.29. The van der Waals surface area contributed by atoms with Crippen LogP contribution in [0.25, 0.3) is 0 Å². The summed E-state index contributed by atoms with van der Waals surface area (Å²) in [4.78, 5) is 0. The first-order valence-corrected chi connectivity index (χ1v) is 5.79. The quantitative estimate of drug-likeness (QED) is 0.357. The van der Waals surface area contributed by atoms with Crippen LogP contribution in [0.1, 0.15) is 13.3 Å². The van der Waals surface area contributed by atoms with Gasteiger partial charge in [0.05, 0.1) is 27.9 Å². The molecule has 0 aromatic rings. The molecule has 0 amide bonds. The number of ether oxygens (including phenoxy) is 3. The Morgan fingerprint density at radius 1 is 1.06 bits per heavy atom. The molecule has 0 bridgehead atoms. The molecule has 0 saturated carbocycles. The second kappa shape index (κ2) is 9.05. The van der Waals surface area contributed by atoms with Crippen LogP contribution in [-0.2, 0) is 18.9 Å². The lowest BCUT2D eigenvalue weighted by Crippen LogP contribution is -2.10. The van der Waals surface area contributed by atoms with Crippen molar-refractivity contribution in [1.29, 1.82) is 0 Å². The van der Waals surface area contributed by atoms with E-state index in [2.05, 4.69) is 6.92 Å². The van der Waals surface area contributed by atoms with Gasteiger partial charge in [-0.3, -0.25) is 0 Å². The van der Waals surface area contributed by atoms with E-state index in [0.29, 0.717) is 31.4 Å². The maximum absolute atomic E-state index is 5.38. The molecule has 0 aliphatic carbocycles. The smallest absolute Gasteiger partial charge is 0.272 e. The Labute approximate surface area is 106 Å². The van der Waals surface area contributed by atoms with Gasteiger partial charge in [-0.05, 0) is 6.42 Å². The molecular formula is C11H22B2O4. The third-order valence-corrected chi connectivity index (χ3v) is 2.47. The van der Waals surface area contributed by atoms with E-state index in [1.54, 1.807) is 21.3 Å². The minimum atomic E-state index is 0.375. The fourth-order valence-electron chi connectivity index (χ4n) is 1.37. The lowest BCUT2D eigenvalue weighted by molar-refractivity contribution is 0.161. The Bertz CT molecular complexity index is 287. The molecule has 0 radical (unpaired) electrons. The van der Waals surface area contributed by atoms with E-state index in [-0.39, 0.29) is 0 Å². The van der Waals surface area contributed by atoms with Crippen LogP contribution in [0, 0.1) is 0 Å². The predicted molar refractivity (Wildman–Crippen MR) is 72.9 cm³/mol. The van der Waals surface area contributed by atoms with Crippen molar-refractivity contribution in [3.63, 3.8) is 0 Å². The van der Waals surface area contributed by atoms with Gasteiger partial charge in [-0.2, -0.15) is 0 Å². The Kier molecular flexibility index (Phi) is 8.50. The lowest BCUT2D eigenvalue weighted by Gasteiger charge is -2.17. The van der Waals surface area contributed by atoms with E-state index in [1.165, 1.54) is 0 Å². The normalized spacial score (nSPS) is 13.5. The zero-order valence-corrected chi connectivity index (χ0v) is 11.8. The number of hydrogen-bond donors (Lipinski definition) is 0. The molecule has 0 aromatic heterocycles. The second-order valence-corrected chi connectivity index (χ2v) is 3.46. The minimum absolute atomic E-state index is 0.375. The molecular weight excluding hydrogens is 218 g/mol. The summed E-state index contributed by atoms with van der Waals surface area (Å²) in [6, 6.07) is 0. The molecule has 0 atom stereocenters. The van der Waals surface area contributed by atoms with Crippen molar-refractivity contribution < 1.29 is 18.9 Å². The van der Waals surface area contributed by atoms with E-state index in [9.17, 15) is 0 Å². The van der Waals surface area contributed by atoms with Gasteiger partial charge in [0.25, 0.3) is 7.48 Å². The van der Waals surface area contributed by atoms with Crippen molar-refractivity contribution in [3.05, 3.63) is 22.7 Å². The minimum Gasteiger partial charge on any atom is -0.495 e. The number of allylic oxidation sites excluding steroid dienone is 1. The topological polar surface area (TPSA) is 36.9 Å². The monoisotopic (exact) mass is 240 g/mol. The zero-order valence-electron chi connectivity index (χ0n) is 11.8. The highest BCUT2D eigenvalue weighted by atomic mass is 16.5. The average Bonchev–Trinajstić information content (AvgIpc) is 2.37. The van der Waals surface area contributed by atoms with Crippen LogP contribution < -0.4 is 0 Å². The van der Waals surface area contributed by atoms with Gasteiger partial charge in [0, 0.05) is 0 Å². The van der Waals surface area contributed by atoms with Gasteiger partial charge in [0.2, 0.25) is 0 Å². The Hall–Kier alpha value is -1.03. The molecule has 0 unspecified atom stereocenters. The van der Waals surface area contributed by atoms with Gasteiger partial charge < -0.3 is 18.9 Å². The molecule has 96 valence electrons. The van der Waals surface area contributed by atoms with Gasteiger partial charge in [0.1, 0.15) is 7.85 Å². The third kappa shape index (κ3) is 4.77. The van der Waals surface area contributed by atoms with Crippen molar-refractivity contribution in [3.8, 4) is 0 Å². The van der Waals surface area contributed by atoms with Crippen molar-refractivity contribution in [2.24, 2.45) is 0 Å². The number of methoxy groups -OCH3 is 3. The fraction of sp³-hybridized carbons (Fsp3) is 0.636. The summed E-state index contributed by atoms with van der Waals surface area (Å²) >= 11 is 0. The Morgan fingerprint density at radius 2 is 1.65 bits per heavy atom. The molecule has 4 nitrogen and oxygen atoms in total. The SMILES string of the molecule is B/C(CC)=C(OC)/C(OC)=C(\COBC)OC. The largest absolute Gasteiger partial charge is 0.495 e. The maximum atomic E-state index is 5.38. The predicted octanol–water partition coefficient (Wildman–Crippen LogP) is 0.808. The van der Waals surface area contributed by atoms with Gasteiger partial charge >= 0.3 is 0 Å². The molecule has 0 aliphatic rings. The fourth-order valence-corrected chi connectivity index (χ4v) is 1.37. The highest BCUT2D eigenvalue weighted by Crippen LogP contribution is 2.21. The van der Waals surface area contributed by atoms with Crippen LogP contribution in [0.15, 0.2) is 22.7 Å². The summed E-state index contributed by atoms with van der Waals surface area (Å²) < 4.78 is 21.4. The van der Waals surface area contributed by atoms with E-state index in [0.717, 1.165) is 11.9 Å². The summed E-state index contributed by atoms with van der Waals surface area (Å²) in [6.07, 6.45) is 0.891. The molecule has 0 rings (SSSR count). The highest BCUT2D eigenvalue weighted by Gasteiger charge is 2.16. The summed E-state index contributed by atoms with van der Waals surface area (Å²) in [5.41, 5.74) is 1.11. The van der Waals surface area contributed by atoms with Crippen LogP contribution in [0.5, 0.6) is 0 Å². The van der Waals surface area contributed by atoms with Gasteiger partial charge in [0.15, 0.2) is 17.3 Å². The van der Waals surface area contributed by atoms with Crippen LogP contribution in [-0.4, -0.2) is 43.3 Å². The zero-order chi connectivity index (χ0) is 13.3. The molecule has 0 fully saturated rings. The van der Waals surface area contributed by atoms with E-state index < -0.39 is 0 Å². The molecule has 0 saturated heterocycles. The second-order valence-electron chi connectivity index (χ2n) is 3.46. The maximum Gasteiger partial charge on any atom is 0.272 e. The first-order chi connectivity index (χ1) is 8.15. The molecule has 0 aromatic carbocycles. The van der Waals surface area contributed by atoms with Crippen LogP contribution in [0.3, 0.4) is 0 Å². The van der Waals surface area contributed by atoms with Gasteiger partial charge in [-0.25, -0.2) is 0 Å². The molecule has 6 heteroatoms. The van der Waals surface area contributed by atoms with E-state index >= 15 is 0 Å². The van der Waals surface area contributed by atoms with Crippen molar-refractivity contribution >= 4 is 15.3 Å². The third-order valence-electron chi connectivity index (χ3n) is 2.47. The lowest BCUT2D eigenvalue weighted by atomic mass is 9.91. The number of rotatable bonds is 8. The summed E-state index contributed by atoms with van der Waals surface area (Å²) in [7, 11) is 7.46. The molecule has 0 N–H and O–H groups in total. The molecule has 17 heavy (non-hydrogen) atoms. The molecule has 0 heterocycles. The van der Waals surface area contributed by atoms with Crippen LogP contribution in [0.4, 0.5) is 0 Å². The average molecular weight is 240 g/mol. The highest BCUT2D eigenvalue weighted by molar-refractivity contribution is 6.24.